The van der Waals surface area contributed by atoms with Gasteiger partial charge in [0.05, 0.1) is 16.8 Å². The molecular formula is C23H15F2NO2. The Morgan fingerprint density at radius 1 is 0.821 bits per heavy atom. The Labute approximate surface area is 159 Å². The number of hydrogen-bond donors (Lipinski definition) is 1. The summed E-state index contributed by atoms with van der Waals surface area (Å²) in [5.41, 5.74) is 4.01. The number of aryl methyl sites for hydroxylation is 1. The number of hydrogen-bond acceptors (Lipinski definition) is 2. The number of aromatic nitrogens is 1. The van der Waals surface area contributed by atoms with E-state index in [1.807, 2.05) is 25.1 Å². The van der Waals surface area contributed by atoms with E-state index < -0.39 is 11.8 Å². The summed E-state index contributed by atoms with van der Waals surface area (Å²) in [5.74, 6) is -1.96. The van der Waals surface area contributed by atoms with Gasteiger partial charge < -0.3 is 5.11 Å². The van der Waals surface area contributed by atoms with Crippen LogP contribution in [0, 0.1) is 18.6 Å². The number of rotatable bonds is 3. The van der Waals surface area contributed by atoms with E-state index in [0.717, 1.165) is 16.7 Å². The minimum absolute atomic E-state index is 0.00988. The van der Waals surface area contributed by atoms with Crippen LogP contribution in [0.15, 0.2) is 66.7 Å². The van der Waals surface area contributed by atoms with Crippen molar-refractivity contribution in [3.8, 4) is 22.4 Å². The van der Waals surface area contributed by atoms with Gasteiger partial charge in [0.15, 0.2) is 0 Å². The molecule has 0 amide bonds. The quantitative estimate of drug-likeness (QED) is 0.488. The Bertz CT molecular complexity index is 1200. The van der Waals surface area contributed by atoms with Crippen LogP contribution in [0.5, 0.6) is 0 Å². The van der Waals surface area contributed by atoms with Crippen molar-refractivity contribution in [2.45, 2.75) is 6.92 Å². The molecule has 1 aromatic heterocycles. The van der Waals surface area contributed by atoms with E-state index >= 15 is 0 Å². The molecule has 3 nitrogen and oxygen atoms in total. The summed E-state index contributed by atoms with van der Waals surface area (Å²) in [6.07, 6.45) is 0. The summed E-state index contributed by atoms with van der Waals surface area (Å²) in [6, 6.07) is 17.4. The van der Waals surface area contributed by atoms with Crippen LogP contribution in [0.1, 0.15) is 15.9 Å². The lowest BCUT2D eigenvalue weighted by molar-refractivity contribution is 0.0699. The number of carboxylic acids is 1. The van der Waals surface area contributed by atoms with Gasteiger partial charge in [0.1, 0.15) is 11.6 Å². The topological polar surface area (TPSA) is 50.2 Å². The third-order valence-electron chi connectivity index (χ3n) is 4.56. The van der Waals surface area contributed by atoms with Gasteiger partial charge in [0.25, 0.3) is 0 Å². The van der Waals surface area contributed by atoms with E-state index in [2.05, 4.69) is 4.98 Å². The van der Waals surface area contributed by atoms with Crippen LogP contribution in [-0.2, 0) is 0 Å². The number of pyridine rings is 1. The maximum atomic E-state index is 13.7. The van der Waals surface area contributed by atoms with E-state index in [1.54, 1.807) is 12.1 Å². The Morgan fingerprint density at radius 2 is 1.54 bits per heavy atom. The Kier molecular flexibility index (Phi) is 4.35. The molecule has 4 aromatic rings. The molecular weight excluding hydrogens is 360 g/mol. The van der Waals surface area contributed by atoms with Crippen LogP contribution in [0.4, 0.5) is 8.78 Å². The standard InChI is InChI=1S/C23H15F2NO2/c1-13-8-16(10-18(25)9-13)14-2-4-15(5-3-14)22-12-20(23(27)28)19-11-17(24)6-7-21(19)26-22/h2-12H,1H3,(H,27,28). The molecule has 28 heavy (non-hydrogen) atoms. The summed E-state index contributed by atoms with van der Waals surface area (Å²) in [4.78, 5) is 16.1. The number of carboxylic acid groups (broad SMARTS) is 1. The monoisotopic (exact) mass is 375 g/mol. The molecule has 0 atom stereocenters. The lowest BCUT2D eigenvalue weighted by Crippen LogP contribution is -2.00. The summed E-state index contributed by atoms with van der Waals surface area (Å²) in [5, 5.41) is 9.76. The Balaban J connectivity index is 1.80. The lowest BCUT2D eigenvalue weighted by atomic mass is 9.99. The lowest BCUT2D eigenvalue weighted by Gasteiger charge is -2.09. The molecule has 0 saturated carbocycles. The number of nitrogens with zero attached hydrogens (tertiary/aromatic N) is 1. The van der Waals surface area contributed by atoms with Gasteiger partial charge in [-0.3, -0.25) is 0 Å². The molecule has 138 valence electrons. The van der Waals surface area contributed by atoms with Crippen molar-refractivity contribution < 1.29 is 18.7 Å². The van der Waals surface area contributed by atoms with Crippen molar-refractivity contribution in [2.75, 3.05) is 0 Å². The zero-order chi connectivity index (χ0) is 19.8. The van der Waals surface area contributed by atoms with Gasteiger partial charge in [-0.15, -0.1) is 0 Å². The number of aromatic carboxylic acids is 1. The van der Waals surface area contributed by atoms with E-state index in [0.29, 0.717) is 16.8 Å². The second-order valence-electron chi connectivity index (χ2n) is 6.62. The van der Waals surface area contributed by atoms with Gasteiger partial charge >= 0.3 is 5.97 Å². The molecule has 0 aliphatic rings. The summed E-state index contributed by atoms with van der Waals surface area (Å²) < 4.78 is 27.2. The molecule has 5 heteroatoms. The van der Waals surface area contributed by atoms with Crippen molar-refractivity contribution in [3.63, 3.8) is 0 Å². The SMILES string of the molecule is Cc1cc(F)cc(-c2ccc(-c3cc(C(=O)O)c4cc(F)ccc4n3)cc2)c1. The fourth-order valence-electron chi connectivity index (χ4n) is 3.26. The van der Waals surface area contributed by atoms with Crippen molar-refractivity contribution >= 4 is 16.9 Å². The van der Waals surface area contributed by atoms with Gasteiger partial charge in [-0.25, -0.2) is 18.6 Å². The molecule has 0 radical (unpaired) electrons. The summed E-state index contributed by atoms with van der Waals surface area (Å²) >= 11 is 0. The number of fused-ring (bicyclic) bond motifs is 1. The average molecular weight is 375 g/mol. The van der Waals surface area contributed by atoms with Gasteiger partial charge in [-0.2, -0.15) is 0 Å². The Hall–Kier alpha value is -3.60. The van der Waals surface area contributed by atoms with Crippen molar-refractivity contribution in [2.24, 2.45) is 0 Å². The smallest absolute Gasteiger partial charge is 0.336 e. The molecule has 0 unspecified atom stereocenters. The molecule has 0 bridgehead atoms. The highest BCUT2D eigenvalue weighted by molar-refractivity contribution is 6.03. The second-order valence-corrected chi connectivity index (χ2v) is 6.62. The first-order valence-electron chi connectivity index (χ1n) is 8.62. The molecule has 0 fully saturated rings. The van der Waals surface area contributed by atoms with Crippen LogP contribution >= 0.6 is 0 Å². The largest absolute Gasteiger partial charge is 0.478 e. The molecule has 1 N–H and O–H groups in total. The van der Waals surface area contributed by atoms with Crippen LogP contribution in [0.25, 0.3) is 33.3 Å². The van der Waals surface area contributed by atoms with Crippen LogP contribution in [-0.4, -0.2) is 16.1 Å². The van der Waals surface area contributed by atoms with Crippen molar-refractivity contribution in [1.82, 2.24) is 4.98 Å². The van der Waals surface area contributed by atoms with E-state index in [9.17, 15) is 18.7 Å². The third-order valence-corrected chi connectivity index (χ3v) is 4.56. The molecule has 4 rings (SSSR count). The molecule has 0 aliphatic carbocycles. The predicted octanol–water partition coefficient (Wildman–Crippen LogP) is 5.85. The zero-order valence-corrected chi connectivity index (χ0v) is 14.9. The van der Waals surface area contributed by atoms with Crippen LogP contribution in [0.3, 0.4) is 0 Å². The molecule has 1 heterocycles. The van der Waals surface area contributed by atoms with E-state index in [1.165, 1.54) is 36.4 Å². The fourth-order valence-corrected chi connectivity index (χ4v) is 3.26. The maximum Gasteiger partial charge on any atom is 0.336 e. The number of halogens is 2. The molecule has 0 aliphatic heterocycles. The first-order valence-corrected chi connectivity index (χ1v) is 8.62. The summed E-state index contributed by atoms with van der Waals surface area (Å²) in [6.45, 7) is 1.83. The number of carbonyl (C=O) groups is 1. The van der Waals surface area contributed by atoms with Crippen LogP contribution in [0.2, 0.25) is 0 Å². The van der Waals surface area contributed by atoms with Gasteiger partial charge in [-0.1, -0.05) is 30.3 Å². The molecule has 0 spiro atoms. The van der Waals surface area contributed by atoms with Gasteiger partial charge in [0, 0.05) is 10.9 Å². The molecule has 3 aromatic carbocycles. The first-order chi connectivity index (χ1) is 13.4. The summed E-state index contributed by atoms with van der Waals surface area (Å²) in [7, 11) is 0. The van der Waals surface area contributed by atoms with E-state index in [4.69, 9.17) is 0 Å². The zero-order valence-electron chi connectivity index (χ0n) is 14.9. The highest BCUT2D eigenvalue weighted by Crippen LogP contribution is 2.28. The Morgan fingerprint density at radius 3 is 2.21 bits per heavy atom. The first kappa shape index (κ1) is 17.8. The van der Waals surface area contributed by atoms with E-state index in [-0.39, 0.29) is 16.8 Å². The molecule has 0 saturated heterocycles. The number of benzene rings is 3. The average Bonchev–Trinajstić information content (AvgIpc) is 2.66. The van der Waals surface area contributed by atoms with Gasteiger partial charge in [0.2, 0.25) is 0 Å². The van der Waals surface area contributed by atoms with Crippen molar-refractivity contribution in [1.29, 1.82) is 0 Å². The van der Waals surface area contributed by atoms with Crippen molar-refractivity contribution in [3.05, 3.63) is 89.5 Å². The van der Waals surface area contributed by atoms with Crippen LogP contribution < -0.4 is 0 Å². The van der Waals surface area contributed by atoms with Gasteiger partial charge in [-0.05, 0) is 60.0 Å². The fraction of sp³-hybridized carbons (Fsp3) is 0.0435. The highest BCUT2D eigenvalue weighted by atomic mass is 19.1. The maximum absolute atomic E-state index is 13.7. The highest BCUT2D eigenvalue weighted by Gasteiger charge is 2.14. The normalized spacial score (nSPS) is 11.0. The minimum Gasteiger partial charge on any atom is -0.478 e. The second kappa shape index (κ2) is 6.85. The minimum atomic E-state index is -1.15. The third kappa shape index (κ3) is 3.34. The predicted molar refractivity (Wildman–Crippen MR) is 104 cm³/mol.